The summed E-state index contributed by atoms with van der Waals surface area (Å²) < 4.78 is 66.7. The lowest BCUT2D eigenvalue weighted by Gasteiger charge is -2.25. The van der Waals surface area contributed by atoms with Crippen molar-refractivity contribution < 1.29 is 21.6 Å². The number of anilines is 1. The molecule has 0 saturated carbocycles. The number of fused-ring (bicyclic) bond motifs is 3. The van der Waals surface area contributed by atoms with Gasteiger partial charge >= 0.3 is 6.18 Å². The highest BCUT2D eigenvalue weighted by atomic mass is 32.2. The molecule has 8 heteroatoms. The lowest BCUT2D eigenvalue weighted by atomic mass is 9.91. The Morgan fingerprint density at radius 3 is 2.47 bits per heavy atom. The predicted octanol–water partition coefficient (Wildman–Crippen LogP) is 4.56. The quantitative estimate of drug-likeness (QED) is 0.705. The van der Waals surface area contributed by atoms with Gasteiger partial charge in [-0.1, -0.05) is 19.1 Å². The van der Waals surface area contributed by atoms with Gasteiger partial charge in [0.2, 0.25) is 9.84 Å². The van der Waals surface area contributed by atoms with E-state index >= 15 is 0 Å². The first-order valence-electron chi connectivity index (χ1n) is 10.1. The molecule has 2 atom stereocenters. The molecule has 0 aromatic heterocycles. The number of alkyl halides is 3. The van der Waals surface area contributed by atoms with Crippen LogP contribution >= 0.6 is 0 Å². The van der Waals surface area contributed by atoms with Crippen LogP contribution in [0.25, 0.3) is 0 Å². The van der Waals surface area contributed by atoms with Crippen molar-refractivity contribution in [1.29, 1.82) is 0 Å². The van der Waals surface area contributed by atoms with Crippen LogP contribution in [0.15, 0.2) is 52.3 Å². The molecule has 2 aliphatic rings. The van der Waals surface area contributed by atoms with Gasteiger partial charge in [0.05, 0.1) is 15.4 Å². The fourth-order valence-corrected chi connectivity index (χ4v) is 6.36. The summed E-state index contributed by atoms with van der Waals surface area (Å²) in [5.41, 5.74) is 0.762. The molecule has 4 nitrogen and oxygen atoms in total. The highest BCUT2D eigenvalue weighted by Gasteiger charge is 2.40. The molecule has 0 N–H and O–H groups in total. The Morgan fingerprint density at radius 2 is 1.77 bits per heavy atom. The Labute approximate surface area is 175 Å². The smallest absolute Gasteiger partial charge is 0.371 e. The molecule has 2 heterocycles. The summed E-state index contributed by atoms with van der Waals surface area (Å²) in [4.78, 5) is 3.80. The molecule has 2 aromatic rings. The van der Waals surface area contributed by atoms with E-state index in [0.717, 1.165) is 55.9 Å². The summed E-state index contributed by atoms with van der Waals surface area (Å²) in [6, 6.07) is 9.42. The van der Waals surface area contributed by atoms with Crippen molar-refractivity contribution in [1.82, 2.24) is 4.90 Å². The van der Waals surface area contributed by atoms with Crippen molar-refractivity contribution in [3.8, 4) is 0 Å². The van der Waals surface area contributed by atoms with Gasteiger partial charge in [-0.05, 0) is 61.8 Å². The molecule has 162 valence electrons. The number of sulfone groups is 1. The lowest BCUT2D eigenvalue weighted by Crippen LogP contribution is -2.31. The van der Waals surface area contributed by atoms with E-state index in [4.69, 9.17) is 0 Å². The Hall–Kier alpha value is -2.06. The molecule has 30 heavy (non-hydrogen) atoms. The summed E-state index contributed by atoms with van der Waals surface area (Å²) in [5.74, 6) is 0.176. The van der Waals surface area contributed by atoms with Crippen LogP contribution < -0.4 is 4.90 Å². The van der Waals surface area contributed by atoms with Gasteiger partial charge in [-0.15, -0.1) is 0 Å². The fraction of sp³-hybridized carbons (Fsp3) is 0.455. The maximum atomic E-state index is 13.4. The normalized spacial score (nSPS) is 22.5. The maximum Gasteiger partial charge on any atom is 0.417 e. The predicted molar refractivity (Wildman–Crippen MR) is 110 cm³/mol. The van der Waals surface area contributed by atoms with Gasteiger partial charge in [-0.3, -0.25) is 0 Å². The van der Waals surface area contributed by atoms with Gasteiger partial charge in [-0.2, -0.15) is 13.2 Å². The average molecular weight is 439 g/mol. The van der Waals surface area contributed by atoms with Gasteiger partial charge in [0, 0.05) is 31.2 Å². The van der Waals surface area contributed by atoms with Gasteiger partial charge in [0.1, 0.15) is 0 Å². The minimum absolute atomic E-state index is 0.0800. The van der Waals surface area contributed by atoms with E-state index in [9.17, 15) is 21.6 Å². The number of halogens is 3. The topological polar surface area (TPSA) is 40.6 Å². The van der Waals surface area contributed by atoms with Crippen molar-refractivity contribution in [3.05, 3.63) is 53.6 Å². The van der Waals surface area contributed by atoms with Crippen LogP contribution in [-0.4, -0.2) is 46.0 Å². The highest BCUT2D eigenvalue weighted by Crippen LogP contribution is 2.46. The minimum atomic E-state index is -4.74. The summed E-state index contributed by atoms with van der Waals surface area (Å²) in [6.45, 7) is 5.01. The molecular weight excluding hydrogens is 413 g/mol. The monoisotopic (exact) mass is 438 g/mol. The zero-order chi connectivity index (χ0) is 21.7. The number of benzene rings is 2. The maximum absolute atomic E-state index is 13.4. The average Bonchev–Trinajstić information content (AvgIpc) is 2.86. The van der Waals surface area contributed by atoms with Crippen molar-refractivity contribution in [3.63, 3.8) is 0 Å². The van der Waals surface area contributed by atoms with Crippen molar-refractivity contribution in [2.24, 2.45) is 0 Å². The van der Waals surface area contributed by atoms with Crippen LogP contribution in [-0.2, 0) is 16.0 Å². The Bertz CT molecular complexity index is 1050. The first-order valence-corrected chi connectivity index (χ1v) is 11.6. The second-order valence-corrected chi connectivity index (χ2v) is 9.93. The van der Waals surface area contributed by atoms with Gasteiger partial charge in [0.25, 0.3) is 0 Å². The molecule has 2 aliphatic heterocycles. The Kier molecular flexibility index (Phi) is 5.34. The zero-order valence-electron chi connectivity index (χ0n) is 17.0. The van der Waals surface area contributed by atoms with Gasteiger partial charge in [0.15, 0.2) is 0 Å². The summed E-state index contributed by atoms with van der Waals surface area (Å²) in [7, 11) is -2.29. The van der Waals surface area contributed by atoms with Crippen LogP contribution in [0.4, 0.5) is 18.9 Å². The summed E-state index contributed by atoms with van der Waals surface area (Å²) in [5, 5.41) is 0. The molecule has 0 bridgehead atoms. The third-order valence-electron chi connectivity index (χ3n) is 6.48. The number of hydrogen-bond donors (Lipinski definition) is 0. The number of nitrogens with zero attached hydrogens (tertiary/aromatic N) is 2. The van der Waals surface area contributed by atoms with E-state index in [1.807, 2.05) is 7.05 Å². The zero-order valence-corrected chi connectivity index (χ0v) is 17.8. The van der Waals surface area contributed by atoms with Crippen molar-refractivity contribution in [2.75, 3.05) is 31.6 Å². The van der Waals surface area contributed by atoms with Crippen molar-refractivity contribution in [2.45, 2.75) is 47.7 Å². The third kappa shape index (κ3) is 3.50. The molecule has 0 amide bonds. The van der Waals surface area contributed by atoms with Gasteiger partial charge in [-0.25, -0.2) is 8.42 Å². The van der Waals surface area contributed by atoms with E-state index in [-0.39, 0.29) is 16.9 Å². The third-order valence-corrected chi connectivity index (χ3v) is 8.29. The SMILES string of the molecule is CCN1CCC2[C@@H](CC1)c1cc(S(=O)(=O)c3ccccc3C(F)(F)F)ccc1N2C. The lowest BCUT2D eigenvalue weighted by molar-refractivity contribution is -0.139. The summed E-state index contributed by atoms with van der Waals surface area (Å²) in [6.07, 6.45) is -2.86. The van der Waals surface area contributed by atoms with E-state index in [0.29, 0.717) is 0 Å². The fourth-order valence-electron chi connectivity index (χ4n) is 4.84. The second-order valence-electron chi connectivity index (χ2n) is 8.01. The first kappa shape index (κ1) is 21.2. The van der Waals surface area contributed by atoms with Crippen LogP contribution in [0, 0.1) is 0 Å². The van der Waals surface area contributed by atoms with Crippen molar-refractivity contribution >= 4 is 15.5 Å². The molecule has 0 spiro atoms. The largest absolute Gasteiger partial charge is 0.417 e. The molecule has 1 fully saturated rings. The van der Waals surface area contributed by atoms with E-state index in [2.05, 4.69) is 16.7 Å². The van der Waals surface area contributed by atoms with E-state index in [1.54, 1.807) is 12.1 Å². The van der Waals surface area contributed by atoms with Crippen LogP contribution in [0.2, 0.25) is 0 Å². The standard InChI is InChI=1S/C22H25F3N2O2S/c1-3-27-12-10-16-17-14-15(8-9-19(17)26(2)20(16)11-13-27)30(28,29)21-7-5-4-6-18(21)22(23,24)25/h4-9,14,16,20H,3,10-13H2,1-2H3/t16-,20?/m0/s1. The number of likely N-dealkylation sites (tertiary alicyclic amines) is 1. The van der Waals surface area contributed by atoms with E-state index in [1.165, 1.54) is 18.2 Å². The molecular formula is C22H25F3N2O2S. The minimum Gasteiger partial charge on any atom is -0.371 e. The van der Waals surface area contributed by atoms with Crippen LogP contribution in [0.1, 0.15) is 36.8 Å². The number of likely N-dealkylation sites (N-methyl/N-ethyl adjacent to an activating group) is 1. The molecule has 2 aromatic carbocycles. The van der Waals surface area contributed by atoms with E-state index < -0.39 is 26.5 Å². The second kappa shape index (κ2) is 7.57. The first-order chi connectivity index (χ1) is 14.1. The Balaban J connectivity index is 1.77. The highest BCUT2D eigenvalue weighted by molar-refractivity contribution is 7.91. The molecule has 0 aliphatic carbocycles. The Morgan fingerprint density at radius 1 is 1.07 bits per heavy atom. The molecule has 0 radical (unpaired) electrons. The molecule has 4 rings (SSSR count). The molecule has 1 saturated heterocycles. The van der Waals surface area contributed by atoms with Crippen LogP contribution in [0.5, 0.6) is 0 Å². The number of hydrogen-bond acceptors (Lipinski definition) is 4. The van der Waals surface area contributed by atoms with Crippen LogP contribution in [0.3, 0.4) is 0 Å². The number of rotatable bonds is 3. The molecule has 1 unspecified atom stereocenters. The summed E-state index contributed by atoms with van der Waals surface area (Å²) >= 11 is 0. The van der Waals surface area contributed by atoms with Gasteiger partial charge < -0.3 is 9.80 Å².